The average Bonchev–Trinajstić information content (AvgIpc) is 3.36. The average molecular weight is 485 g/mol. The zero-order valence-electron chi connectivity index (χ0n) is 19.2. The molecule has 180 valence electrons. The third-order valence-electron chi connectivity index (χ3n) is 6.50. The standard InChI is InChI=1S/C25H28N2O6S/c1-3-16-4-6-17(7-5-16)18-8-10-19(11-9-18)24-26-23(15-33-24)34(30,31)27-21-13-12-20(25(28)29)14-22(21)32-2/h8-17,27H,3-7H2,1-2H3,(H,28,29)/t16-,17-. The van der Waals surface area contributed by atoms with E-state index in [4.69, 9.17) is 14.3 Å². The van der Waals surface area contributed by atoms with Crippen molar-refractivity contribution in [3.63, 3.8) is 0 Å². The van der Waals surface area contributed by atoms with Crippen LogP contribution in [0.25, 0.3) is 11.5 Å². The number of anilines is 1. The van der Waals surface area contributed by atoms with E-state index in [1.807, 2.05) is 12.1 Å². The van der Waals surface area contributed by atoms with Crippen LogP contribution in [0.4, 0.5) is 5.69 Å². The Bertz CT molecular complexity index is 1260. The molecule has 1 aromatic heterocycles. The van der Waals surface area contributed by atoms with Crippen molar-refractivity contribution in [1.82, 2.24) is 4.98 Å². The number of aromatic carboxylic acids is 1. The molecule has 0 radical (unpaired) electrons. The van der Waals surface area contributed by atoms with Crippen LogP contribution in [0.3, 0.4) is 0 Å². The van der Waals surface area contributed by atoms with Gasteiger partial charge in [-0.1, -0.05) is 25.5 Å². The number of hydrogen-bond acceptors (Lipinski definition) is 6. The zero-order valence-corrected chi connectivity index (χ0v) is 20.0. The van der Waals surface area contributed by atoms with Gasteiger partial charge in [-0.3, -0.25) is 4.72 Å². The monoisotopic (exact) mass is 484 g/mol. The number of carboxylic acids is 1. The Kier molecular flexibility index (Phi) is 6.92. The molecule has 0 saturated heterocycles. The minimum absolute atomic E-state index is 0.0228. The van der Waals surface area contributed by atoms with Gasteiger partial charge in [-0.05, 0) is 73.4 Å². The molecule has 1 fully saturated rings. The van der Waals surface area contributed by atoms with Gasteiger partial charge in [-0.2, -0.15) is 13.4 Å². The van der Waals surface area contributed by atoms with Gasteiger partial charge in [-0.25, -0.2) is 4.79 Å². The molecule has 3 aromatic rings. The molecule has 0 unspecified atom stereocenters. The second-order valence-electron chi connectivity index (χ2n) is 8.56. The van der Waals surface area contributed by atoms with Crippen molar-refractivity contribution in [2.75, 3.05) is 11.8 Å². The Morgan fingerprint density at radius 2 is 1.85 bits per heavy atom. The van der Waals surface area contributed by atoms with E-state index in [0.717, 1.165) is 12.2 Å². The van der Waals surface area contributed by atoms with Crippen molar-refractivity contribution in [3.8, 4) is 17.2 Å². The molecule has 34 heavy (non-hydrogen) atoms. The second-order valence-corrected chi connectivity index (χ2v) is 10.2. The molecule has 1 aliphatic rings. The number of ether oxygens (including phenoxy) is 1. The van der Waals surface area contributed by atoms with Crippen molar-refractivity contribution in [2.45, 2.75) is 50.0 Å². The van der Waals surface area contributed by atoms with Crippen molar-refractivity contribution in [3.05, 3.63) is 59.9 Å². The fourth-order valence-electron chi connectivity index (χ4n) is 4.42. The number of carbonyl (C=O) groups is 1. The lowest BCUT2D eigenvalue weighted by Gasteiger charge is -2.28. The van der Waals surface area contributed by atoms with Crippen LogP contribution in [0, 0.1) is 5.92 Å². The maximum atomic E-state index is 12.8. The van der Waals surface area contributed by atoms with E-state index in [1.165, 1.54) is 63.0 Å². The molecule has 9 heteroatoms. The number of carboxylic acid groups (broad SMARTS) is 1. The first-order chi connectivity index (χ1) is 16.3. The van der Waals surface area contributed by atoms with Crippen molar-refractivity contribution in [2.24, 2.45) is 5.92 Å². The third-order valence-corrected chi connectivity index (χ3v) is 7.73. The van der Waals surface area contributed by atoms with Crippen molar-refractivity contribution in [1.29, 1.82) is 0 Å². The maximum absolute atomic E-state index is 12.8. The molecule has 8 nitrogen and oxygen atoms in total. The number of rotatable bonds is 8. The highest BCUT2D eigenvalue weighted by atomic mass is 32.2. The van der Waals surface area contributed by atoms with E-state index in [9.17, 15) is 13.2 Å². The van der Waals surface area contributed by atoms with Crippen LogP contribution in [-0.2, 0) is 10.0 Å². The number of methoxy groups -OCH3 is 1. The lowest BCUT2D eigenvalue weighted by Crippen LogP contribution is -2.14. The SMILES string of the molecule is CC[C@H]1CC[C@H](c2ccc(-c3nc(S(=O)(=O)Nc4ccc(C(=O)O)cc4OC)co3)cc2)CC1. The number of benzene rings is 2. The van der Waals surface area contributed by atoms with Gasteiger partial charge in [0.15, 0.2) is 0 Å². The Morgan fingerprint density at radius 1 is 1.15 bits per heavy atom. The third kappa shape index (κ3) is 5.09. The van der Waals surface area contributed by atoms with Gasteiger partial charge < -0.3 is 14.3 Å². The summed E-state index contributed by atoms with van der Waals surface area (Å²) in [5, 5.41) is 8.83. The van der Waals surface area contributed by atoms with Gasteiger partial charge in [0.1, 0.15) is 12.0 Å². The van der Waals surface area contributed by atoms with E-state index >= 15 is 0 Å². The fourth-order valence-corrected chi connectivity index (χ4v) is 5.36. The number of oxazole rings is 1. The predicted molar refractivity (Wildman–Crippen MR) is 128 cm³/mol. The van der Waals surface area contributed by atoms with Crippen LogP contribution >= 0.6 is 0 Å². The molecule has 0 aliphatic heterocycles. The normalized spacial score (nSPS) is 18.4. The minimum atomic E-state index is -4.08. The van der Waals surface area contributed by atoms with Gasteiger partial charge in [0.2, 0.25) is 10.9 Å². The smallest absolute Gasteiger partial charge is 0.335 e. The number of sulfonamides is 1. The molecule has 0 spiro atoms. The molecule has 2 N–H and O–H groups in total. The van der Waals surface area contributed by atoms with Crippen molar-refractivity contribution < 1.29 is 27.5 Å². The van der Waals surface area contributed by atoms with Gasteiger partial charge in [0.05, 0.1) is 18.4 Å². The Balaban J connectivity index is 1.49. The molecule has 1 saturated carbocycles. The summed E-state index contributed by atoms with van der Waals surface area (Å²) in [4.78, 5) is 15.3. The summed E-state index contributed by atoms with van der Waals surface area (Å²) in [7, 11) is -2.76. The highest BCUT2D eigenvalue weighted by Gasteiger charge is 2.24. The van der Waals surface area contributed by atoms with Gasteiger partial charge in [0.25, 0.3) is 10.0 Å². The molecular formula is C25H28N2O6S. The van der Waals surface area contributed by atoms with Crippen LogP contribution < -0.4 is 9.46 Å². The highest BCUT2D eigenvalue weighted by Crippen LogP contribution is 2.37. The molecule has 4 rings (SSSR count). The molecular weight excluding hydrogens is 456 g/mol. The van der Waals surface area contributed by atoms with E-state index in [1.54, 1.807) is 0 Å². The summed E-state index contributed by atoms with van der Waals surface area (Å²) >= 11 is 0. The van der Waals surface area contributed by atoms with Crippen LogP contribution in [-0.4, -0.2) is 31.6 Å². The predicted octanol–water partition coefficient (Wildman–Crippen LogP) is 5.53. The topological polar surface area (TPSA) is 119 Å². The Hall–Kier alpha value is -3.33. The zero-order chi connectivity index (χ0) is 24.3. The van der Waals surface area contributed by atoms with Crippen LogP contribution in [0.5, 0.6) is 5.75 Å². The van der Waals surface area contributed by atoms with Crippen LogP contribution in [0.2, 0.25) is 0 Å². The van der Waals surface area contributed by atoms with E-state index in [2.05, 4.69) is 28.8 Å². The van der Waals surface area contributed by atoms with E-state index < -0.39 is 16.0 Å². The van der Waals surface area contributed by atoms with E-state index in [-0.39, 0.29) is 27.9 Å². The summed E-state index contributed by atoms with van der Waals surface area (Å²) in [5.74, 6) is 0.537. The first kappa shape index (κ1) is 23.8. The lowest BCUT2D eigenvalue weighted by molar-refractivity contribution is 0.0696. The number of aromatic nitrogens is 1. The molecule has 1 aliphatic carbocycles. The first-order valence-corrected chi connectivity index (χ1v) is 12.8. The lowest BCUT2D eigenvalue weighted by atomic mass is 9.78. The number of nitrogens with one attached hydrogen (secondary N) is 1. The van der Waals surface area contributed by atoms with Crippen LogP contribution in [0.15, 0.2) is 58.2 Å². The second kappa shape index (κ2) is 9.89. The van der Waals surface area contributed by atoms with Gasteiger partial charge in [0, 0.05) is 5.56 Å². The summed E-state index contributed by atoms with van der Waals surface area (Å²) in [6.45, 7) is 2.26. The molecule has 1 heterocycles. The first-order valence-electron chi connectivity index (χ1n) is 11.3. The summed E-state index contributed by atoms with van der Waals surface area (Å²) < 4.78 is 38.6. The van der Waals surface area contributed by atoms with Crippen LogP contribution in [0.1, 0.15) is 60.9 Å². The number of nitrogens with zero attached hydrogens (tertiary/aromatic N) is 1. The van der Waals surface area contributed by atoms with Gasteiger partial charge >= 0.3 is 5.97 Å². The van der Waals surface area contributed by atoms with E-state index in [0.29, 0.717) is 11.5 Å². The molecule has 0 amide bonds. The molecule has 2 aromatic carbocycles. The maximum Gasteiger partial charge on any atom is 0.335 e. The largest absolute Gasteiger partial charge is 0.495 e. The molecule has 0 atom stereocenters. The van der Waals surface area contributed by atoms with Crippen molar-refractivity contribution >= 4 is 21.7 Å². The summed E-state index contributed by atoms with van der Waals surface area (Å²) in [6, 6.07) is 11.8. The molecule has 0 bridgehead atoms. The number of hydrogen-bond donors (Lipinski definition) is 2. The fraction of sp³-hybridized carbons (Fsp3) is 0.360. The summed E-state index contributed by atoms with van der Waals surface area (Å²) in [6.07, 6.45) is 7.25. The highest BCUT2D eigenvalue weighted by molar-refractivity contribution is 7.92. The minimum Gasteiger partial charge on any atom is -0.495 e. The quantitative estimate of drug-likeness (QED) is 0.431. The summed E-state index contributed by atoms with van der Waals surface area (Å²) in [5.41, 5.74) is 2.05. The Labute approximate surface area is 199 Å². The Morgan fingerprint density at radius 3 is 2.47 bits per heavy atom. The van der Waals surface area contributed by atoms with Gasteiger partial charge in [-0.15, -0.1) is 0 Å².